The topological polar surface area (TPSA) is 79.8 Å². The van der Waals surface area contributed by atoms with E-state index in [-0.39, 0.29) is 13.0 Å². The van der Waals surface area contributed by atoms with Gasteiger partial charge in [0.25, 0.3) is 0 Å². The van der Waals surface area contributed by atoms with Crippen LogP contribution in [0.5, 0.6) is 5.75 Å². The lowest BCUT2D eigenvalue weighted by molar-refractivity contribution is -0.126. The summed E-state index contributed by atoms with van der Waals surface area (Å²) in [5, 5.41) is 7.30. The largest absolute Gasteiger partial charge is 0.488 e. The van der Waals surface area contributed by atoms with Gasteiger partial charge >= 0.3 is 0 Å². The minimum Gasteiger partial charge on any atom is -0.488 e. The van der Waals surface area contributed by atoms with E-state index in [9.17, 15) is 9.59 Å². The quantitative estimate of drug-likeness (QED) is 0.238. The number of nitrogens with one attached hydrogen (secondary N) is 2. The fourth-order valence-electron chi connectivity index (χ4n) is 2.79. The molecule has 8 heteroatoms. The molecule has 3 aromatic rings. The Kier molecular flexibility index (Phi) is 8.41. The second-order valence-corrected chi connectivity index (χ2v) is 8.22. The third-order valence-electron chi connectivity index (χ3n) is 4.45. The Hall–Kier alpha value is -3.16. The van der Waals surface area contributed by atoms with Gasteiger partial charge in [0, 0.05) is 26.3 Å². The third-order valence-corrected chi connectivity index (χ3v) is 5.31. The standard InChI is InChI=1S/C24H21BrClN3O3/c1-16-6-2-5-9-21(16)28-23(30)13-24(31)29-27-14-18-12-19(25)10-11-22(18)32-15-17-7-3-4-8-20(17)26/h2-12,14H,13,15H2,1H3,(H,28,30)(H,29,31). The fourth-order valence-corrected chi connectivity index (χ4v) is 3.36. The first-order chi connectivity index (χ1) is 15.4. The van der Waals surface area contributed by atoms with E-state index in [4.69, 9.17) is 16.3 Å². The van der Waals surface area contributed by atoms with Crippen LogP contribution in [0.25, 0.3) is 0 Å². The molecule has 3 aromatic carbocycles. The van der Waals surface area contributed by atoms with Crippen molar-refractivity contribution >= 4 is 51.2 Å². The zero-order valence-corrected chi connectivity index (χ0v) is 19.6. The molecule has 0 heterocycles. The number of amides is 2. The normalized spacial score (nSPS) is 10.7. The summed E-state index contributed by atoms with van der Waals surface area (Å²) in [5.74, 6) is -0.373. The van der Waals surface area contributed by atoms with Crippen LogP contribution in [-0.2, 0) is 16.2 Å². The maximum absolute atomic E-state index is 12.1. The summed E-state index contributed by atoms with van der Waals surface area (Å²) in [5.41, 5.74) is 5.46. The minimum atomic E-state index is -0.527. The molecule has 0 aliphatic heterocycles. The smallest absolute Gasteiger partial charge is 0.249 e. The number of aryl methyl sites for hydroxylation is 1. The molecule has 0 unspecified atom stereocenters. The molecule has 6 nitrogen and oxygen atoms in total. The molecule has 2 amide bonds. The third kappa shape index (κ3) is 6.93. The molecule has 0 radical (unpaired) electrons. The predicted molar refractivity (Wildman–Crippen MR) is 130 cm³/mol. The van der Waals surface area contributed by atoms with E-state index in [0.717, 1.165) is 15.6 Å². The Bertz CT molecular complexity index is 1150. The van der Waals surface area contributed by atoms with Crippen molar-refractivity contribution in [1.29, 1.82) is 0 Å². The summed E-state index contributed by atoms with van der Waals surface area (Å²) < 4.78 is 6.71. The summed E-state index contributed by atoms with van der Waals surface area (Å²) >= 11 is 9.60. The number of nitrogens with zero attached hydrogens (tertiary/aromatic N) is 1. The zero-order chi connectivity index (χ0) is 22.9. The van der Waals surface area contributed by atoms with Crippen molar-refractivity contribution in [1.82, 2.24) is 5.43 Å². The molecule has 0 atom stereocenters. The van der Waals surface area contributed by atoms with Crippen LogP contribution >= 0.6 is 27.5 Å². The summed E-state index contributed by atoms with van der Waals surface area (Å²) in [6, 6.07) is 20.2. The van der Waals surface area contributed by atoms with Gasteiger partial charge in [-0.25, -0.2) is 5.43 Å². The van der Waals surface area contributed by atoms with Crippen LogP contribution in [0.1, 0.15) is 23.1 Å². The van der Waals surface area contributed by atoms with Crippen molar-refractivity contribution in [2.75, 3.05) is 5.32 Å². The van der Waals surface area contributed by atoms with E-state index < -0.39 is 11.8 Å². The van der Waals surface area contributed by atoms with E-state index in [1.54, 1.807) is 18.2 Å². The van der Waals surface area contributed by atoms with E-state index in [1.807, 2.05) is 55.5 Å². The van der Waals surface area contributed by atoms with Crippen molar-refractivity contribution in [3.05, 3.63) is 92.9 Å². The molecule has 164 valence electrons. The number of para-hydroxylation sites is 1. The first-order valence-electron chi connectivity index (χ1n) is 9.75. The van der Waals surface area contributed by atoms with Crippen LogP contribution in [0.15, 0.2) is 76.3 Å². The molecular formula is C24H21BrClN3O3. The molecule has 0 saturated heterocycles. The van der Waals surface area contributed by atoms with Crippen LogP contribution in [0, 0.1) is 6.92 Å². The first kappa shape index (κ1) is 23.5. The van der Waals surface area contributed by atoms with Crippen molar-refractivity contribution < 1.29 is 14.3 Å². The van der Waals surface area contributed by atoms with Crippen molar-refractivity contribution in [2.24, 2.45) is 5.10 Å². The van der Waals surface area contributed by atoms with Gasteiger partial charge in [-0.3, -0.25) is 9.59 Å². The van der Waals surface area contributed by atoms with Gasteiger partial charge in [0.2, 0.25) is 11.8 Å². The lowest BCUT2D eigenvalue weighted by atomic mass is 10.2. The number of carbonyl (C=O) groups excluding carboxylic acids is 2. The number of anilines is 1. The fraction of sp³-hybridized carbons (Fsp3) is 0.125. The van der Waals surface area contributed by atoms with Crippen LogP contribution < -0.4 is 15.5 Å². The maximum Gasteiger partial charge on any atom is 0.249 e. The van der Waals surface area contributed by atoms with E-state index >= 15 is 0 Å². The zero-order valence-electron chi connectivity index (χ0n) is 17.3. The summed E-state index contributed by atoms with van der Waals surface area (Å²) in [4.78, 5) is 24.2. The van der Waals surface area contributed by atoms with Gasteiger partial charge in [-0.1, -0.05) is 63.9 Å². The number of halogens is 2. The van der Waals surface area contributed by atoms with Crippen LogP contribution in [0.3, 0.4) is 0 Å². The highest BCUT2D eigenvalue weighted by Crippen LogP contribution is 2.24. The second-order valence-electron chi connectivity index (χ2n) is 6.90. The van der Waals surface area contributed by atoms with Gasteiger partial charge in [0.1, 0.15) is 18.8 Å². The highest BCUT2D eigenvalue weighted by molar-refractivity contribution is 9.10. The van der Waals surface area contributed by atoms with Crippen LogP contribution in [-0.4, -0.2) is 18.0 Å². The Labute approximate surface area is 199 Å². The van der Waals surface area contributed by atoms with E-state index in [1.165, 1.54) is 6.21 Å². The molecular weight excluding hydrogens is 494 g/mol. The lowest BCUT2D eigenvalue weighted by Crippen LogP contribution is -2.24. The minimum absolute atomic E-state index is 0.285. The molecule has 0 aliphatic carbocycles. The monoisotopic (exact) mass is 513 g/mol. The van der Waals surface area contributed by atoms with Crippen LogP contribution in [0.4, 0.5) is 5.69 Å². The van der Waals surface area contributed by atoms with E-state index in [0.29, 0.717) is 22.0 Å². The van der Waals surface area contributed by atoms with Crippen LogP contribution in [0.2, 0.25) is 5.02 Å². The van der Waals surface area contributed by atoms with Gasteiger partial charge in [-0.2, -0.15) is 5.10 Å². The number of hydrogen-bond acceptors (Lipinski definition) is 4. The molecule has 0 fully saturated rings. The molecule has 0 spiro atoms. The summed E-state index contributed by atoms with van der Waals surface area (Å²) in [6.45, 7) is 2.16. The Morgan fingerprint density at radius 1 is 1.06 bits per heavy atom. The number of hydrazone groups is 1. The predicted octanol–water partition coefficient (Wildman–Crippen LogP) is 5.47. The second kappa shape index (κ2) is 11.5. The molecule has 3 rings (SSSR count). The maximum atomic E-state index is 12.1. The van der Waals surface area contributed by atoms with Gasteiger partial charge < -0.3 is 10.1 Å². The van der Waals surface area contributed by atoms with Gasteiger partial charge in [-0.15, -0.1) is 0 Å². The number of carbonyl (C=O) groups is 2. The highest BCUT2D eigenvalue weighted by Gasteiger charge is 2.10. The summed E-state index contributed by atoms with van der Waals surface area (Å²) in [6.07, 6.45) is 1.11. The first-order valence-corrected chi connectivity index (χ1v) is 10.9. The van der Waals surface area contributed by atoms with Gasteiger partial charge in [0.15, 0.2) is 0 Å². The molecule has 0 aliphatic rings. The Morgan fingerprint density at radius 3 is 2.59 bits per heavy atom. The molecule has 2 N–H and O–H groups in total. The Morgan fingerprint density at radius 2 is 1.81 bits per heavy atom. The number of hydrogen-bond donors (Lipinski definition) is 2. The van der Waals surface area contributed by atoms with Gasteiger partial charge in [0.05, 0.1) is 6.21 Å². The van der Waals surface area contributed by atoms with Crippen molar-refractivity contribution in [3.63, 3.8) is 0 Å². The molecule has 0 saturated carbocycles. The van der Waals surface area contributed by atoms with E-state index in [2.05, 4.69) is 31.8 Å². The number of ether oxygens (including phenoxy) is 1. The highest BCUT2D eigenvalue weighted by atomic mass is 79.9. The Balaban J connectivity index is 1.57. The van der Waals surface area contributed by atoms with Gasteiger partial charge in [-0.05, 0) is 42.8 Å². The van der Waals surface area contributed by atoms with Crippen molar-refractivity contribution in [2.45, 2.75) is 20.0 Å². The number of rotatable bonds is 8. The lowest BCUT2D eigenvalue weighted by Gasteiger charge is -2.10. The average molecular weight is 515 g/mol. The SMILES string of the molecule is Cc1ccccc1NC(=O)CC(=O)NN=Cc1cc(Br)ccc1OCc1ccccc1Cl. The van der Waals surface area contributed by atoms with Crippen molar-refractivity contribution in [3.8, 4) is 5.75 Å². The molecule has 0 aromatic heterocycles. The summed E-state index contributed by atoms with van der Waals surface area (Å²) in [7, 11) is 0. The number of benzene rings is 3. The molecule has 0 bridgehead atoms. The molecule has 32 heavy (non-hydrogen) atoms. The average Bonchev–Trinajstić information content (AvgIpc) is 2.76.